The molecule has 0 aromatic rings. The van der Waals surface area contributed by atoms with Crippen molar-refractivity contribution in [2.75, 3.05) is 5.75 Å². The maximum Gasteiger partial charge on any atom is 0.257 e. The molecule has 0 aromatic heterocycles. The number of rotatable bonds is 0. The fourth-order valence-electron chi connectivity index (χ4n) is 0.387. The first-order valence-corrected chi connectivity index (χ1v) is 2.90. The lowest BCUT2D eigenvalue weighted by Crippen LogP contribution is -2.11. The van der Waals surface area contributed by atoms with Crippen molar-refractivity contribution >= 4 is 17.9 Å². The van der Waals surface area contributed by atoms with Crippen molar-refractivity contribution in [3.63, 3.8) is 0 Å². The van der Waals surface area contributed by atoms with Crippen LogP contribution in [0.2, 0.25) is 0 Å². The van der Waals surface area contributed by atoms with Crippen LogP contribution in [0.25, 0.3) is 0 Å². The van der Waals surface area contributed by atoms with Crippen LogP contribution in [0.3, 0.4) is 0 Å². The Balaban J connectivity index is 2.48. The maximum atomic E-state index is 10.2. The summed E-state index contributed by atoms with van der Waals surface area (Å²) in [6.07, 6.45) is 0.473. The van der Waals surface area contributed by atoms with Crippen LogP contribution in [0.1, 0.15) is 6.42 Å². The summed E-state index contributed by atoms with van der Waals surface area (Å²) < 4.78 is 0.681. The number of hydrogen-bond acceptors (Lipinski definition) is 3. The van der Waals surface area contributed by atoms with E-state index in [2.05, 4.69) is 0 Å². The normalized spacial score (nSPS) is 21.3. The minimum absolute atomic E-state index is 0.190. The average Bonchev–Trinajstić information content (AvgIpc) is 1.91. The van der Waals surface area contributed by atoms with Gasteiger partial charge >= 0.3 is 0 Å². The largest absolute Gasteiger partial charge is 0.275 e. The Labute approximate surface area is 45.4 Å². The molecule has 1 saturated heterocycles. The molecule has 0 atom stereocenters. The molecule has 40 valence electrons. The van der Waals surface area contributed by atoms with Gasteiger partial charge in [0.05, 0.1) is 0 Å². The third-order valence-corrected chi connectivity index (χ3v) is 1.58. The molecule has 1 amide bonds. The number of amides is 1. The number of hydroxylamine groups is 1. The fraction of sp³-hybridized carbons (Fsp3) is 0.667. The first-order valence-electron chi connectivity index (χ1n) is 1.95. The third kappa shape index (κ3) is 0.863. The van der Waals surface area contributed by atoms with Gasteiger partial charge in [-0.1, -0.05) is 0 Å². The summed E-state index contributed by atoms with van der Waals surface area (Å²) >= 11 is 1.14. The summed E-state index contributed by atoms with van der Waals surface area (Å²) in [4.78, 5) is 10.2. The van der Waals surface area contributed by atoms with Crippen LogP contribution < -0.4 is 0 Å². The van der Waals surface area contributed by atoms with E-state index in [-0.39, 0.29) is 5.91 Å². The summed E-state index contributed by atoms with van der Waals surface area (Å²) in [5.41, 5.74) is 0. The van der Waals surface area contributed by atoms with Crippen molar-refractivity contribution in [3.05, 3.63) is 0 Å². The lowest BCUT2D eigenvalue weighted by atomic mass is 10.5. The second-order valence-electron chi connectivity index (χ2n) is 1.25. The van der Waals surface area contributed by atoms with Gasteiger partial charge < -0.3 is 0 Å². The van der Waals surface area contributed by atoms with E-state index in [1.807, 2.05) is 0 Å². The number of carbonyl (C=O) groups excluding carboxylic acids is 1. The van der Waals surface area contributed by atoms with Gasteiger partial charge in [0.25, 0.3) is 5.91 Å². The van der Waals surface area contributed by atoms with Gasteiger partial charge in [0, 0.05) is 12.2 Å². The van der Waals surface area contributed by atoms with Gasteiger partial charge in [-0.3, -0.25) is 10.0 Å². The van der Waals surface area contributed by atoms with Gasteiger partial charge in [-0.2, -0.15) is 4.47 Å². The summed E-state index contributed by atoms with van der Waals surface area (Å²) in [6, 6.07) is 0. The minimum atomic E-state index is -0.190. The molecular formula is C3H5NO2S. The predicted octanol–water partition coefficient (Wildman–Crippen LogP) is 0.256. The molecule has 3 nitrogen and oxygen atoms in total. The van der Waals surface area contributed by atoms with Crippen molar-refractivity contribution in [2.45, 2.75) is 6.42 Å². The van der Waals surface area contributed by atoms with Crippen LogP contribution in [0.5, 0.6) is 0 Å². The van der Waals surface area contributed by atoms with Gasteiger partial charge in [-0.25, -0.2) is 0 Å². The van der Waals surface area contributed by atoms with E-state index < -0.39 is 0 Å². The Bertz CT molecular complexity index is 94.9. The predicted molar refractivity (Wildman–Crippen MR) is 25.7 cm³/mol. The third-order valence-electron chi connectivity index (χ3n) is 0.743. The van der Waals surface area contributed by atoms with Crippen LogP contribution in [0, 0.1) is 0 Å². The van der Waals surface area contributed by atoms with E-state index in [4.69, 9.17) is 5.21 Å². The van der Waals surface area contributed by atoms with Gasteiger partial charge in [-0.15, -0.1) is 0 Å². The topological polar surface area (TPSA) is 40.5 Å². The van der Waals surface area contributed by atoms with Gasteiger partial charge in [0.1, 0.15) is 0 Å². The van der Waals surface area contributed by atoms with E-state index >= 15 is 0 Å². The van der Waals surface area contributed by atoms with Crippen molar-refractivity contribution < 1.29 is 10.0 Å². The minimum Gasteiger partial charge on any atom is -0.275 e. The highest BCUT2D eigenvalue weighted by molar-refractivity contribution is 7.97. The number of carbonyl (C=O) groups is 1. The molecule has 1 heterocycles. The summed E-state index contributed by atoms with van der Waals surface area (Å²) in [5.74, 6) is 0.528. The molecular weight excluding hydrogens is 114 g/mol. The molecule has 1 aliphatic heterocycles. The van der Waals surface area contributed by atoms with Crippen molar-refractivity contribution in [3.8, 4) is 0 Å². The van der Waals surface area contributed by atoms with Gasteiger partial charge in [0.2, 0.25) is 0 Å². The van der Waals surface area contributed by atoms with Crippen LogP contribution in [0.15, 0.2) is 0 Å². The summed E-state index contributed by atoms with van der Waals surface area (Å²) in [7, 11) is 0. The van der Waals surface area contributed by atoms with Gasteiger partial charge in [0.15, 0.2) is 0 Å². The van der Waals surface area contributed by atoms with E-state index in [9.17, 15) is 4.79 Å². The summed E-state index contributed by atoms with van der Waals surface area (Å²) in [5, 5.41) is 8.44. The first kappa shape index (κ1) is 4.93. The Kier molecular flexibility index (Phi) is 1.21. The molecule has 1 fully saturated rings. The van der Waals surface area contributed by atoms with E-state index in [1.54, 1.807) is 0 Å². The SMILES string of the molecule is O=C1CCSN1O. The van der Waals surface area contributed by atoms with Crippen molar-refractivity contribution in [1.29, 1.82) is 0 Å². The smallest absolute Gasteiger partial charge is 0.257 e. The van der Waals surface area contributed by atoms with E-state index in [1.165, 1.54) is 0 Å². The van der Waals surface area contributed by atoms with E-state index in [0.717, 1.165) is 17.7 Å². The Morgan fingerprint density at radius 1 is 1.86 bits per heavy atom. The number of nitrogens with zero attached hydrogens (tertiary/aromatic N) is 1. The quantitative estimate of drug-likeness (QED) is 0.367. The highest BCUT2D eigenvalue weighted by atomic mass is 32.2. The Morgan fingerprint density at radius 2 is 2.57 bits per heavy atom. The molecule has 1 N–H and O–H groups in total. The molecule has 0 aliphatic carbocycles. The number of hydrogen-bond donors (Lipinski definition) is 1. The lowest BCUT2D eigenvalue weighted by Gasteiger charge is -1.98. The summed E-state index contributed by atoms with van der Waals surface area (Å²) in [6.45, 7) is 0. The molecule has 4 heteroatoms. The zero-order chi connectivity index (χ0) is 5.28. The molecule has 1 rings (SSSR count). The molecule has 1 aliphatic rings. The average molecular weight is 119 g/mol. The molecule has 0 aromatic carbocycles. The zero-order valence-corrected chi connectivity index (χ0v) is 4.44. The fourth-order valence-corrected chi connectivity index (χ4v) is 1.06. The monoisotopic (exact) mass is 119 g/mol. The molecule has 0 spiro atoms. The second-order valence-corrected chi connectivity index (χ2v) is 2.26. The van der Waals surface area contributed by atoms with Crippen LogP contribution in [0.4, 0.5) is 0 Å². The standard InChI is InChI=1S/C3H5NO2S/c5-3-1-2-7-4(3)6/h6H,1-2H2. The van der Waals surface area contributed by atoms with Crippen molar-refractivity contribution in [2.24, 2.45) is 0 Å². The lowest BCUT2D eigenvalue weighted by molar-refractivity contribution is -0.142. The Hall–Kier alpha value is -0.220. The second kappa shape index (κ2) is 1.71. The van der Waals surface area contributed by atoms with Crippen molar-refractivity contribution in [1.82, 2.24) is 4.47 Å². The highest BCUT2D eigenvalue weighted by Crippen LogP contribution is 2.17. The molecule has 7 heavy (non-hydrogen) atoms. The molecule has 0 unspecified atom stereocenters. The first-order chi connectivity index (χ1) is 3.30. The van der Waals surface area contributed by atoms with Crippen LogP contribution in [-0.2, 0) is 4.79 Å². The zero-order valence-electron chi connectivity index (χ0n) is 3.63. The highest BCUT2D eigenvalue weighted by Gasteiger charge is 2.18. The molecule has 0 bridgehead atoms. The molecule has 0 radical (unpaired) electrons. The van der Waals surface area contributed by atoms with Crippen LogP contribution in [-0.4, -0.2) is 21.3 Å². The maximum absolute atomic E-state index is 10.2. The Morgan fingerprint density at radius 3 is 2.71 bits per heavy atom. The van der Waals surface area contributed by atoms with Gasteiger partial charge in [-0.05, 0) is 11.9 Å². The van der Waals surface area contributed by atoms with E-state index in [0.29, 0.717) is 10.9 Å². The van der Waals surface area contributed by atoms with Crippen LogP contribution >= 0.6 is 11.9 Å². The molecule has 0 saturated carbocycles.